The first kappa shape index (κ1) is 15.4. The van der Waals surface area contributed by atoms with Crippen LogP contribution in [0, 0.1) is 17.2 Å². The van der Waals surface area contributed by atoms with Crippen molar-refractivity contribution in [1.82, 2.24) is 10.2 Å². The fraction of sp³-hybridized carbons (Fsp3) is 0.529. The number of likely N-dealkylation sites (tertiary alicyclic amines) is 1. The number of guanidine groups is 1. The lowest BCUT2D eigenvalue weighted by Gasteiger charge is -2.33. The van der Waals surface area contributed by atoms with Crippen LogP contribution in [-0.4, -0.2) is 30.5 Å². The van der Waals surface area contributed by atoms with Crippen molar-refractivity contribution in [3.63, 3.8) is 0 Å². The van der Waals surface area contributed by atoms with Crippen LogP contribution in [0.1, 0.15) is 37.8 Å². The molecule has 0 spiro atoms. The highest BCUT2D eigenvalue weighted by Gasteiger charge is 2.18. The summed E-state index contributed by atoms with van der Waals surface area (Å²) in [6, 6.07) is 9.79. The number of nitrogens with zero attached hydrogens (tertiary/aromatic N) is 3. The first-order valence-electron chi connectivity index (χ1n) is 7.75. The summed E-state index contributed by atoms with van der Waals surface area (Å²) in [5, 5.41) is 12.2. The largest absolute Gasteiger partial charge is 0.357 e. The minimum atomic E-state index is 0.653. The molecule has 0 aromatic heterocycles. The SMILES string of the molecule is CCNC(=NCc1ccc(C#N)cc1)N1CCC(C)CC1. The quantitative estimate of drug-likeness (QED) is 0.686. The lowest BCUT2D eigenvalue weighted by molar-refractivity contribution is 0.273. The average Bonchev–Trinajstić information content (AvgIpc) is 2.53. The molecule has 1 aromatic carbocycles. The highest BCUT2D eigenvalue weighted by Crippen LogP contribution is 2.16. The summed E-state index contributed by atoms with van der Waals surface area (Å²) in [7, 11) is 0. The Morgan fingerprint density at radius 3 is 2.57 bits per heavy atom. The zero-order valence-electron chi connectivity index (χ0n) is 13.0. The van der Waals surface area contributed by atoms with Crippen molar-refractivity contribution in [1.29, 1.82) is 5.26 Å². The first-order valence-corrected chi connectivity index (χ1v) is 7.75. The van der Waals surface area contributed by atoms with Crippen molar-refractivity contribution in [2.45, 2.75) is 33.2 Å². The molecule has 4 heteroatoms. The molecule has 0 amide bonds. The summed E-state index contributed by atoms with van der Waals surface area (Å²) in [5.74, 6) is 1.83. The van der Waals surface area contributed by atoms with Crippen molar-refractivity contribution in [2.75, 3.05) is 19.6 Å². The zero-order valence-corrected chi connectivity index (χ0v) is 13.0. The van der Waals surface area contributed by atoms with Gasteiger partial charge in [-0.25, -0.2) is 4.99 Å². The number of hydrogen-bond donors (Lipinski definition) is 1. The Kier molecular flexibility index (Phi) is 5.62. The van der Waals surface area contributed by atoms with Gasteiger partial charge in [0.25, 0.3) is 0 Å². The van der Waals surface area contributed by atoms with Crippen LogP contribution >= 0.6 is 0 Å². The predicted octanol–water partition coefficient (Wildman–Crippen LogP) is 2.76. The minimum Gasteiger partial charge on any atom is -0.357 e. The van der Waals surface area contributed by atoms with E-state index in [1.54, 1.807) is 0 Å². The second-order valence-corrected chi connectivity index (χ2v) is 5.65. The number of nitriles is 1. The van der Waals surface area contributed by atoms with Gasteiger partial charge in [0, 0.05) is 19.6 Å². The molecule has 0 saturated carbocycles. The third-order valence-electron chi connectivity index (χ3n) is 3.91. The second-order valence-electron chi connectivity index (χ2n) is 5.65. The number of hydrogen-bond acceptors (Lipinski definition) is 2. The number of nitrogens with one attached hydrogen (secondary N) is 1. The third-order valence-corrected chi connectivity index (χ3v) is 3.91. The molecule has 0 atom stereocenters. The molecule has 0 aliphatic carbocycles. The van der Waals surface area contributed by atoms with Gasteiger partial charge in [-0.3, -0.25) is 0 Å². The van der Waals surface area contributed by atoms with E-state index >= 15 is 0 Å². The highest BCUT2D eigenvalue weighted by atomic mass is 15.3. The molecule has 1 N–H and O–H groups in total. The van der Waals surface area contributed by atoms with Gasteiger partial charge in [0.2, 0.25) is 0 Å². The molecule has 1 aliphatic rings. The molecule has 1 saturated heterocycles. The van der Waals surface area contributed by atoms with Gasteiger partial charge in [-0.1, -0.05) is 19.1 Å². The number of piperidine rings is 1. The summed E-state index contributed by atoms with van der Waals surface area (Å²) in [6.45, 7) is 8.13. The van der Waals surface area contributed by atoms with E-state index < -0.39 is 0 Å². The van der Waals surface area contributed by atoms with Gasteiger partial charge in [0.05, 0.1) is 18.2 Å². The Balaban J connectivity index is 2.01. The van der Waals surface area contributed by atoms with Gasteiger partial charge in [0.15, 0.2) is 5.96 Å². The van der Waals surface area contributed by atoms with E-state index in [2.05, 4.69) is 30.1 Å². The minimum absolute atomic E-state index is 0.653. The molecule has 0 radical (unpaired) electrons. The lowest BCUT2D eigenvalue weighted by Crippen LogP contribution is -2.45. The molecule has 4 nitrogen and oxygen atoms in total. The van der Waals surface area contributed by atoms with Crippen LogP contribution in [0.15, 0.2) is 29.3 Å². The van der Waals surface area contributed by atoms with Gasteiger partial charge in [-0.15, -0.1) is 0 Å². The molecular weight excluding hydrogens is 260 g/mol. The van der Waals surface area contributed by atoms with Gasteiger partial charge in [0.1, 0.15) is 0 Å². The third kappa shape index (κ3) is 4.49. The van der Waals surface area contributed by atoms with Crippen molar-refractivity contribution in [3.8, 4) is 6.07 Å². The fourth-order valence-corrected chi connectivity index (χ4v) is 2.50. The summed E-state index contributed by atoms with van der Waals surface area (Å²) in [4.78, 5) is 7.09. The van der Waals surface area contributed by atoms with Crippen molar-refractivity contribution >= 4 is 5.96 Å². The Morgan fingerprint density at radius 2 is 2.00 bits per heavy atom. The number of rotatable bonds is 3. The number of aliphatic imine (C=N–C) groups is 1. The maximum atomic E-state index is 8.81. The van der Waals surface area contributed by atoms with Crippen molar-refractivity contribution < 1.29 is 0 Å². The Labute approximate surface area is 127 Å². The average molecular weight is 284 g/mol. The first-order chi connectivity index (χ1) is 10.2. The van der Waals surface area contributed by atoms with Crippen LogP contribution in [0.5, 0.6) is 0 Å². The topological polar surface area (TPSA) is 51.4 Å². The molecular formula is C17H24N4. The maximum absolute atomic E-state index is 8.81. The van der Waals surface area contributed by atoms with E-state index in [4.69, 9.17) is 10.3 Å². The van der Waals surface area contributed by atoms with Crippen LogP contribution in [0.3, 0.4) is 0 Å². The highest BCUT2D eigenvalue weighted by molar-refractivity contribution is 5.80. The molecule has 1 heterocycles. The maximum Gasteiger partial charge on any atom is 0.194 e. The smallest absolute Gasteiger partial charge is 0.194 e. The molecule has 1 aromatic rings. The van der Waals surface area contributed by atoms with E-state index in [-0.39, 0.29) is 0 Å². The van der Waals surface area contributed by atoms with Crippen molar-refractivity contribution in [3.05, 3.63) is 35.4 Å². The second kappa shape index (κ2) is 7.68. The van der Waals surface area contributed by atoms with E-state index in [9.17, 15) is 0 Å². The summed E-state index contributed by atoms with van der Waals surface area (Å²) >= 11 is 0. The zero-order chi connectivity index (χ0) is 15.1. The van der Waals surface area contributed by atoms with E-state index in [1.165, 1.54) is 12.8 Å². The lowest BCUT2D eigenvalue weighted by atomic mass is 10.00. The molecule has 0 unspecified atom stereocenters. The fourth-order valence-electron chi connectivity index (χ4n) is 2.50. The van der Waals surface area contributed by atoms with Gasteiger partial charge >= 0.3 is 0 Å². The monoisotopic (exact) mass is 284 g/mol. The molecule has 1 fully saturated rings. The van der Waals surface area contributed by atoms with E-state index in [0.717, 1.165) is 37.1 Å². The molecule has 21 heavy (non-hydrogen) atoms. The summed E-state index contributed by atoms with van der Waals surface area (Å²) in [5.41, 5.74) is 1.83. The normalized spacial score (nSPS) is 16.6. The van der Waals surface area contributed by atoms with Gasteiger partial charge in [-0.2, -0.15) is 5.26 Å². The molecule has 2 rings (SSSR count). The van der Waals surface area contributed by atoms with Gasteiger partial charge < -0.3 is 10.2 Å². The standard InChI is InChI=1S/C17H24N4/c1-3-19-17(21-10-8-14(2)9-11-21)20-13-16-6-4-15(12-18)5-7-16/h4-7,14H,3,8-11,13H2,1-2H3,(H,19,20). The van der Waals surface area contributed by atoms with Crippen molar-refractivity contribution in [2.24, 2.45) is 10.9 Å². The molecule has 1 aliphatic heterocycles. The van der Waals surface area contributed by atoms with Crippen LogP contribution in [0.4, 0.5) is 0 Å². The Bertz CT molecular complexity index is 505. The van der Waals surface area contributed by atoms with Gasteiger partial charge in [-0.05, 0) is 43.4 Å². The number of benzene rings is 1. The van der Waals surface area contributed by atoms with Crippen LogP contribution in [-0.2, 0) is 6.54 Å². The van der Waals surface area contributed by atoms with E-state index in [1.807, 2.05) is 24.3 Å². The molecule has 0 bridgehead atoms. The summed E-state index contributed by atoms with van der Waals surface area (Å²) < 4.78 is 0. The van der Waals surface area contributed by atoms with Crippen LogP contribution in [0.25, 0.3) is 0 Å². The van der Waals surface area contributed by atoms with Crippen LogP contribution < -0.4 is 5.32 Å². The van der Waals surface area contributed by atoms with Crippen LogP contribution in [0.2, 0.25) is 0 Å². The van der Waals surface area contributed by atoms with E-state index in [0.29, 0.717) is 12.1 Å². The molecule has 112 valence electrons. The predicted molar refractivity (Wildman–Crippen MR) is 85.9 cm³/mol. The summed E-state index contributed by atoms with van der Waals surface area (Å²) in [6.07, 6.45) is 2.47. The Morgan fingerprint density at radius 1 is 1.33 bits per heavy atom. The Hall–Kier alpha value is -2.02.